The summed E-state index contributed by atoms with van der Waals surface area (Å²) < 4.78 is 1.70. The number of halogens is 1. The number of hydrogen-bond donors (Lipinski definition) is 1. The first-order valence-corrected chi connectivity index (χ1v) is 7.10. The van der Waals surface area contributed by atoms with Gasteiger partial charge in [-0.05, 0) is 36.4 Å². The molecule has 0 radical (unpaired) electrons. The predicted molar refractivity (Wildman–Crippen MR) is 84.0 cm³/mol. The molecule has 0 saturated heterocycles. The molecule has 1 aromatic heterocycles. The Bertz CT molecular complexity index is 768. The van der Waals surface area contributed by atoms with Crippen LogP contribution >= 0.6 is 11.6 Å². The summed E-state index contributed by atoms with van der Waals surface area (Å²) in [4.78, 5) is 12.1. The Hall–Kier alpha value is -2.66. The molecule has 0 aliphatic carbocycles. The number of nitrogens with one attached hydrogen (secondary N) is 1. The Labute approximate surface area is 132 Å². The fraction of sp³-hybridized carbons (Fsp3) is 0.0625. The minimum atomic E-state index is -0.169. The lowest BCUT2D eigenvalue weighted by Crippen LogP contribution is -2.24. The molecule has 3 rings (SSSR count). The first kappa shape index (κ1) is 14.3. The molecular formula is C16H13ClN4O. The van der Waals surface area contributed by atoms with Crippen molar-refractivity contribution in [2.24, 2.45) is 0 Å². The van der Waals surface area contributed by atoms with Crippen molar-refractivity contribution in [2.75, 3.05) is 0 Å². The first-order valence-electron chi connectivity index (χ1n) is 6.73. The normalized spacial score (nSPS) is 10.4. The second-order valence-electron chi connectivity index (χ2n) is 4.66. The van der Waals surface area contributed by atoms with Gasteiger partial charge < -0.3 is 5.32 Å². The topological polar surface area (TPSA) is 59.8 Å². The number of rotatable bonds is 4. The average molecular weight is 313 g/mol. The molecule has 3 aromatic rings. The van der Waals surface area contributed by atoms with Crippen LogP contribution in [-0.2, 0) is 6.54 Å². The van der Waals surface area contributed by atoms with E-state index in [1.54, 1.807) is 35.1 Å². The molecule has 0 spiro atoms. The van der Waals surface area contributed by atoms with E-state index in [1.807, 2.05) is 30.3 Å². The number of aromatic nitrogens is 3. The summed E-state index contributed by atoms with van der Waals surface area (Å²) in [5.41, 5.74) is 2.26. The number of benzene rings is 2. The Morgan fingerprint density at radius 2 is 1.82 bits per heavy atom. The highest BCUT2D eigenvalue weighted by Gasteiger charge is 2.09. The van der Waals surface area contributed by atoms with Crippen LogP contribution in [0.25, 0.3) is 5.69 Å². The molecule has 0 atom stereocenters. The molecule has 5 nitrogen and oxygen atoms in total. The van der Waals surface area contributed by atoms with Crippen LogP contribution in [0.15, 0.2) is 60.8 Å². The van der Waals surface area contributed by atoms with E-state index in [0.717, 1.165) is 11.4 Å². The third kappa shape index (κ3) is 3.15. The van der Waals surface area contributed by atoms with Crippen molar-refractivity contribution in [3.63, 3.8) is 0 Å². The minimum Gasteiger partial charge on any atom is -0.346 e. The van der Waals surface area contributed by atoms with Crippen LogP contribution in [0.5, 0.6) is 0 Å². The van der Waals surface area contributed by atoms with Gasteiger partial charge in [-0.2, -0.15) is 0 Å². The van der Waals surface area contributed by atoms with E-state index in [0.29, 0.717) is 17.1 Å². The third-order valence-corrected chi connectivity index (χ3v) is 3.41. The second-order valence-corrected chi connectivity index (χ2v) is 5.10. The van der Waals surface area contributed by atoms with Crippen LogP contribution in [0.1, 0.15) is 16.1 Å². The van der Waals surface area contributed by atoms with E-state index in [4.69, 9.17) is 11.6 Å². The molecule has 1 N–H and O–H groups in total. The zero-order valence-corrected chi connectivity index (χ0v) is 12.4. The van der Waals surface area contributed by atoms with Gasteiger partial charge in [0.2, 0.25) is 0 Å². The molecule has 1 amide bonds. The van der Waals surface area contributed by atoms with E-state index in [1.165, 1.54) is 0 Å². The quantitative estimate of drug-likeness (QED) is 0.806. The summed E-state index contributed by atoms with van der Waals surface area (Å²) in [6.07, 6.45) is 1.63. The molecule has 0 aliphatic rings. The van der Waals surface area contributed by atoms with E-state index in [2.05, 4.69) is 15.6 Å². The molecule has 0 aliphatic heterocycles. The highest BCUT2D eigenvalue weighted by Crippen LogP contribution is 2.11. The van der Waals surface area contributed by atoms with Gasteiger partial charge in [-0.25, -0.2) is 4.68 Å². The maximum atomic E-state index is 12.1. The fourth-order valence-corrected chi connectivity index (χ4v) is 2.16. The molecule has 6 heteroatoms. The Balaban J connectivity index is 1.71. The molecule has 0 saturated carbocycles. The molecule has 0 bridgehead atoms. The Morgan fingerprint density at radius 1 is 1.09 bits per heavy atom. The largest absolute Gasteiger partial charge is 0.346 e. The van der Waals surface area contributed by atoms with Gasteiger partial charge in [0.25, 0.3) is 5.91 Å². The molecule has 0 fully saturated rings. The van der Waals surface area contributed by atoms with Crippen molar-refractivity contribution in [2.45, 2.75) is 6.54 Å². The number of nitrogens with zero attached hydrogens (tertiary/aromatic N) is 3. The number of hydrogen-bond acceptors (Lipinski definition) is 3. The zero-order valence-electron chi connectivity index (χ0n) is 11.6. The van der Waals surface area contributed by atoms with Crippen molar-refractivity contribution >= 4 is 17.5 Å². The highest BCUT2D eigenvalue weighted by molar-refractivity contribution is 6.30. The zero-order chi connectivity index (χ0) is 15.4. The predicted octanol–water partition coefficient (Wildman–Crippen LogP) is 2.85. The molecule has 0 unspecified atom stereocenters. The maximum absolute atomic E-state index is 12.1. The summed E-state index contributed by atoms with van der Waals surface area (Å²) in [5.74, 6) is -0.169. The molecule has 1 heterocycles. The van der Waals surface area contributed by atoms with Crippen molar-refractivity contribution in [1.82, 2.24) is 20.3 Å². The summed E-state index contributed by atoms with van der Waals surface area (Å²) in [5, 5.41) is 11.4. The molecule has 2 aromatic carbocycles. The summed E-state index contributed by atoms with van der Waals surface area (Å²) in [6.45, 7) is 0.337. The van der Waals surface area contributed by atoms with E-state index in [-0.39, 0.29) is 5.91 Å². The fourth-order valence-electron chi connectivity index (χ4n) is 2.04. The van der Waals surface area contributed by atoms with Crippen molar-refractivity contribution in [3.05, 3.63) is 77.1 Å². The molecule has 110 valence electrons. The van der Waals surface area contributed by atoms with Crippen molar-refractivity contribution in [1.29, 1.82) is 0 Å². The van der Waals surface area contributed by atoms with E-state index >= 15 is 0 Å². The smallest absolute Gasteiger partial charge is 0.251 e. The van der Waals surface area contributed by atoms with Gasteiger partial charge in [0.05, 0.1) is 24.1 Å². The number of para-hydroxylation sites is 1. The second kappa shape index (κ2) is 6.41. The molecule has 22 heavy (non-hydrogen) atoms. The van der Waals surface area contributed by atoms with Crippen LogP contribution in [-0.4, -0.2) is 20.9 Å². The Kier molecular flexibility index (Phi) is 4.16. The van der Waals surface area contributed by atoms with Gasteiger partial charge in [-0.1, -0.05) is 35.0 Å². The van der Waals surface area contributed by atoms with Gasteiger partial charge in [0.1, 0.15) is 0 Å². The molecular weight excluding hydrogens is 300 g/mol. The maximum Gasteiger partial charge on any atom is 0.251 e. The van der Waals surface area contributed by atoms with Gasteiger partial charge in [0, 0.05) is 10.6 Å². The lowest BCUT2D eigenvalue weighted by atomic mass is 10.2. The standard InChI is InChI=1S/C16H13ClN4O/c17-13-8-6-12(7-9-13)16(22)18-10-15-11-19-20-21(15)14-4-2-1-3-5-14/h1-9,11H,10H2,(H,18,22). The van der Waals surface area contributed by atoms with Crippen LogP contribution < -0.4 is 5.32 Å². The van der Waals surface area contributed by atoms with Gasteiger partial charge in [-0.15, -0.1) is 5.10 Å². The van der Waals surface area contributed by atoms with Crippen molar-refractivity contribution in [3.8, 4) is 5.69 Å². The SMILES string of the molecule is O=C(NCc1cnnn1-c1ccccc1)c1ccc(Cl)cc1. The number of amides is 1. The lowest BCUT2D eigenvalue weighted by molar-refractivity contribution is 0.0950. The van der Waals surface area contributed by atoms with E-state index in [9.17, 15) is 4.79 Å². The van der Waals surface area contributed by atoms with Crippen LogP contribution in [0, 0.1) is 0 Å². The minimum absolute atomic E-state index is 0.169. The van der Waals surface area contributed by atoms with Gasteiger partial charge in [0.15, 0.2) is 0 Å². The third-order valence-electron chi connectivity index (χ3n) is 3.16. The van der Waals surface area contributed by atoms with Crippen LogP contribution in [0.2, 0.25) is 5.02 Å². The van der Waals surface area contributed by atoms with Crippen molar-refractivity contribution < 1.29 is 4.79 Å². The highest BCUT2D eigenvalue weighted by atomic mass is 35.5. The first-order chi connectivity index (χ1) is 10.7. The van der Waals surface area contributed by atoms with E-state index < -0.39 is 0 Å². The van der Waals surface area contributed by atoms with Crippen LogP contribution in [0.4, 0.5) is 0 Å². The monoisotopic (exact) mass is 312 g/mol. The average Bonchev–Trinajstić information content (AvgIpc) is 3.02. The lowest BCUT2D eigenvalue weighted by Gasteiger charge is -2.07. The van der Waals surface area contributed by atoms with Gasteiger partial charge in [-0.3, -0.25) is 4.79 Å². The number of carbonyl (C=O) groups excluding carboxylic acids is 1. The summed E-state index contributed by atoms with van der Waals surface area (Å²) in [7, 11) is 0. The van der Waals surface area contributed by atoms with Crippen LogP contribution in [0.3, 0.4) is 0 Å². The van der Waals surface area contributed by atoms with Gasteiger partial charge >= 0.3 is 0 Å². The number of carbonyl (C=O) groups is 1. The Morgan fingerprint density at radius 3 is 2.55 bits per heavy atom. The summed E-state index contributed by atoms with van der Waals surface area (Å²) in [6, 6.07) is 16.4. The summed E-state index contributed by atoms with van der Waals surface area (Å²) >= 11 is 5.81.